The predicted molar refractivity (Wildman–Crippen MR) is 127 cm³/mol. The van der Waals surface area contributed by atoms with Crippen molar-refractivity contribution in [1.82, 2.24) is 4.90 Å². The van der Waals surface area contributed by atoms with Gasteiger partial charge < -0.3 is 15.2 Å². The molecular formula is C21H18Br2N2O5S. The van der Waals surface area contributed by atoms with Gasteiger partial charge in [-0.1, -0.05) is 6.07 Å². The van der Waals surface area contributed by atoms with Crippen LogP contribution in [0.15, 0.2) is 38.1 Å². The number of nitrogens with one attached hydrogen (secondary N) is 1. The molecule has 1 saturated heterocycles. The molecule has 0 radical (unpaired) electrons. The molecule has 2 N–H and O–H groups in total. The Hall–Kier alpha value is -2.30. The van der Waals surface area contributed by atoms with E-state index >= 15 is 0 Å². The number of rotatable bonds is 5. The minimum atomic E-state index is -0.569. The minimum Gasteiger partial charge on any atom is -0.503 e. The molecule has 10 heteroatoms. The summed E-state index contributed by atoms with van der Waals surface area (Å²) in [6.45, 7) is 3.51. The summed E-state index contributed by atoms with van der Waals surface area (Å²) in [7, 11) is 1.40. The molecule has 3 amide bonds. The molecule has 1 fully saturated rings. The van der Waals surface area contributed by atoms with Crippen LogP contribution in [0.2, 0.25) is 0 Å². The van der Waals surface area contributed by atoms with E-state index in [1.165, 1.54) is 19.3 Å². The number of phenols is 1. The molecule has 2 aromatic rings. The maximum Gasteiger partial charge on any atom is 0.294 e. The number of nitrogens with zero attached hydrogens (tertiary/aromatic N) is 1. The van der Waals surface area contributed by atoms with Gasteiger partial charge in [-0.2, -0.15) is 0 Å². The second-order valence-corrected chi connectivity index (χ2v) is 9.34. The molecule has 162 valence electrons. The number of imide groups is 1. The quantitative estimate of drug-likeness (QED) is 0.479. The molecule has 3 rings (SSSR count). The van der Waals surface area contributed by atoms with Gasteiger partial charge in [-0.15, -0.1) is 0 Å². The number of ether oxygens (including phenoxy) is 1. The van der Waals surface area contributed by atoms with E-state index in [-0.39, 0.29) is 16.4 Å². The van der Waals surface area contributed by atoms with Crippen molar-refractivity contribution >= 4 is 72.4 Å². The van der Waals surface area contributed by atoms with Crippen LogP contribution >= 0.6 is 43.6 Å². The lowest BCUT2D eigenvalue weighted by Crippen LogP contribution is -2.36. The second-order valence-electron chi connectivity index (χ2n) is 6.76. The van der Waals surface area contributed by atoms with E-state index in [9.17, 15) is 19.5 Å². The molecule has 2 aromatic carbocycles. The summed E-state index contributed by atoms with van der Waals surface area (Å²) < 4.78 is 5.97. The fourth-order valence-corrected chi connectivity index (χ4v) is 4.48. The van der Waals surface area contributed by atoms with Gasteiger partial charge in [0.05, 0.1) is 16.5 Å². The zero-order chi connectivity index (χ0) is 22.9. The minimum absolute atomic E-state index is 0.0948. The smallest absolute Gasteiger partial charge is 0.294 e. The van der Waals surface area contributed by atoms with Crippen molar-refractivity contribution in [2.24, 2.45) is 0 Å². The second kappa shape index (κ2) is 9.46. The molecule has 0 aliphatic carbocycles. The highest BCUT2D eigenvalue weighted by atomic mass is 79.9. The molecule has 0 spiro atoms. The Morgan fingerprint density at radius 2 is 1.90 bits per heavy atom. The summed E-state index contributed by atoms with van der Waals surface area (Å²) >= 11 is 7.35. The van der Waals surface area contributed by atoms with Crippen LogP contribution < -0.4 is 10.1 Å². The van der Waals surface area contributed by atoms with Gasteiger partial charge in [0, 0.05) is 10.2 Å². The zero-order valence-electron chi connectivity index (χ0n) is 16.8. The molecule has 1 aliphatic rings. The number of carbonyl (C=O) groups is 3. The maximum atomic E-state index is 12.8. The molecule has 1 heterocycles. The van der Waals surface area contributed by atoms with E-state index in [0.29, 0.717) is 20.2 Å². The summed E-state index contributed by atoms with van der Waals surface area (Å²) in [4.78, 5) is 38.6. The van der Waals surface area contributed by atoms with E-state index < -0.39 is 23.6 Å². The lowest BCUT2D eigenvalue weighted by molar-refractivity contribution is -0.127. The number of anilines is 1. The summed E-state index contributed by atoms with van der Waals surface area (Å²) in [5, 5.41) is 12.2. The van der Waals surface area contributed by atoms with Crippen LogP contribution in [0.3, 0.4) is 0 Å². The first-order valence-electron chi connectivity index (χ1n) is 8.99. The Kier molecular flexibility index (Phi) is 7.13. The Balaban J connectivity index is 1.78. The Labute approximate surface area is 200 Å². The fourth-order valence-electron chi connectivity index (χ4n) is 2.81. The number of benzene rings is 2. The van der Waals surface area contributed by atoms with Crippen molar-refractivity contribution in [1.29, 1.82) is 0 Å². The molecular weight excluding hydrogens is 552 g/mol. The third kappa shape index (κ3) is 4.97. The largest absolute Gasteiger partial charge is 0.503 e. The van der Waals surface area contributed by atoms with Crippen molar-refractivity contribution in [2.45, 2.75) is 13.8 Å². The first kappa shape index (κ1) is 23.4. The van der Waals surface area contributed by atoms with E-state index in [4.69, 9.17) is 4.74 Å². The Morgan fingerprint density at radius 1 is 1.19 bits per heavy atom. The van der Waals surface area contributed by atoms with Gasteiger partial charge in [-0.3, -0.25) is 19.3 Å². The molecule has 1 aliphatic heterocycles. The summed E-state index contributed by atoms with van der Waals surface area (Å²) in [5.74, 6) is -0.932. The van der Waals surface area contributed by atoms with Gasteiger partial charge in [0.1, 0.15) is 6.54 Å². The standard InChI is InChI=1S/C21H18Br2N2O5S/c1-10-4-5-13(6-11(10)2)24-16(26)9-25-20(28)15(31-21(25)29)8-12-7-14(30-3)19(27)18(23)17(12)22/h4-8,27H,9H2,1-3H3,(H,24,26)/b15-8+. The molecule has 7 nitrogen and oxygen atoms in total. The average molecular weight is 570 g/mol. The van der Waals surface area contributed by atoms with Gasteiger partial charge >= 0.3 is 0 Å². The van der Waals surface area contributed by atoms with Gasteiger partial charge in [0.2, 0.25) is 5.91 Å². The van der Waals surface area contributed by atoms with Crippen LogP contribution in [0.25, 0.3) is 6.08 Å². The summed E-state index contributed by atoms with van der Waals surface area (Å²) in [6, 6.07) is 7.01. The molecule has 0 unspecified atom stereocenters. The highest BCUT2D eigenvalue weighted by molar-refractivity contribution is 9.13. The lowest BCUT2D eigenvalue weighted by Gasteiger charge is -2.13. The van der Waals surface area contributed by atoms with Gasteiger partial charge in [0.25, 0.3) is 11.1 Å². The van der Waals surface area contributed by atoms with E-state index in [1.54, 1.807) is 6.07 Å². The van der Waals surface area contributed by atoms with Crippen LogP contribution in [-0.2, 0) is 9.59 Å². The number of thioether (sulfide) groups is 1. The van der Waals surface area contributed by atoms with Gasteiger partial charge in [0.15, 0.2) is 11.5 Å². The highest BCUT2D eigenvalue weighted by Crippen LogP contribution is 2.43. The average Bonchev–Trinajstić information content (AvgIpc) is 2.98. The van der Waals surface area contributed by atoms with Gasteiger partial charge in [-0.25, -0.2) is 0 Å². The molecule has 0 bridgehead atoms. The number of hydrogen-bond acceptors (Lipinski definition) is 6. The van der Waals surface area contributed by atoms with E-state index in [0.717, 1.165) is 27.8 Å². The molecule has 0 saturated carbocycles. The predicted octanol–water partition coefficient (Wildman–Crippen LogP) is 5.22. The zero-order valence-corrected chi connectivity index (χ0v) is 20.8. The SMILES string of the molecule is COc1cc(/C=C2/SC(=O)N(CC(=O)Nc3ccc(C)c(C)c3)C2=O)c(Br)c(Br)c1O. The van der Waals surface area contributed by atoms with Crippen molar-refractivity contribution in [3.8, 4) is 11.5 Å². The number of hydrogen-bond donors (Lipinski definition) is 2. The van der Waals surface area contributed by atoms with Crippen molar-refractivity contribution < 1.29 is 24.2 Å². The van der Waals surface area contributed by atoms with E-state index in [1.807, 2.05) is 26.0 Å². The lowest BCUT2D eigenvalue weighted by atomic mass is 10.1. The summed E-state index contributed by atoms with van der Waals surface area (Å²) in [6.07, 6.45) is 1.50. The van der Waals surface area contributed by atoms with Crippen LogP contribution in [0.4, 0.5) is 10.5 Å². The van der Waals surface area contributed by atoms with Crippen LogP contribution in [0, 0.1) is 13.8 Å². The van der Waals surface area contributed by atoms with E-state index in [2.05, 4.69) is 37.2 Å². The molecule has 31 heavy (non-hydrogen) atoms. The third-order valence-electron chi connectivity index (χ3n) is 4.65. The molecule has 0 atom stereocenters. The Morgan fingerprint density at radius 3 is 2.55 bits per heavy atom. The van der Waals surface area contributed by atoms with Crippen molar-refractivity contribution in [2.75, 3.05) is 19.0 Å². The fraction of sp³-hybridized carbons (Fsp3) is 0.190. The normalized spacial score (nSPS) is 15.0. The van der Waals surface area contributed by atoms with Crippen LogP contribution in [0.5, 0.6) is 11.5 Å². The van der Waals surface area contributed by atoms with Crippen LogP contribution in [0.1, 0.15) is 16.7 Å². The number of carbonyl (C=O) groups excluding carboxylic acids is 3. The number of methoxy groups -OCH3 is 1. The highest BCUT2D eigenvalue weighted by Gasteiger charge is 2.36. The third-order valence-corrected chi connectivity index (χ3v) is 7.71. The first-order chi connectivity index (χ1) is 14.6. The number of aromatic hydroxyl groups is 1. The number of aryl methyl sites for hydroxylation is 2. The summed E-state index contributed by atoms with van der Waals surface area (Å²) in [5.41, 5.74) is 3.23. The number of amides is 3. The molecule has 0 aromatic heterocycles. The van der Waals surface area contributed by atoms with Crippen LogP contribution in [-0.4, -0.2) is 40.7 Å². The Bertz CT molecular complexity index is 1130. The number of phenolic OH excluding ortho intramolecular Hbond substituents is 1. The maximum absolute atomic E-state index is 12.8. The van der Waals surface area contributed by atoms with Gasteiger partial charge in [-0.05, 0) is 98.4 Å². The number of halogens is 2. The first-order valence-corrected chi connectivity index (χ1v) is 11.4. The van der Waals surface area contributed by atoms with Crippen molar-refractivity contribution in [3.63, 3.8) is 0 Å². The monoisotopic (exact) mass is 568 g/mol. The topological polar surface area (TPSA) is 95.9 Å². The van der Waals surface area contributed by atoms with Crippen molar-refractivity contribution in [3.05, 3.63) is 54.8 Å².